The molecule has 2 nitrogen and oxygen atoms in total. The van der Waals surface area contributed by atoms with E-state index in [1.54, 1.807) is 0 Å². The minimum absolute atomic E-state index is 0.0693. The number of rotatable bonds is 6. The molecule has 1 rings (SSSR count). The molecule has 2 atom stereocenters. The van der Waals surface area contributed by atoms with Gasteiger partial charge < -0.3 is 10.4 Å². The Labute approximate surface area is 103 Å². The van der Waals surface area contributed by atoms with E-state index in [4.69, 9.17) is 11.6 Å². The third-order valence-electron chi connectivity index (χ3n) is 2.84. The Morgan fingerprint density at radius 1 is 1.38 bits per heavy atom. The number of hydrogen-bond donors (Lipinski definition) is 2. The maximum Gasteiger partial charge on any atom is 0.0637 e. The summed E-state index contributed by atoms with van der Waals surface area (Å²) in [5.74, 6) is 0.436. The lowest BCUT2D eigenvalue weighted by Crippen LogP contribution is -2.31. The van der Waals surface area contributed by atoms with E-state index in [-0.39, 0.29) is 12.6 Å². The van der Waals surface area contributed by atoms with Gasteiger partial charge in [0.2, 0.25) is 0 Å². The third kappa shape index (κ3) is 3.69. The van der Waals surface area contributed by atoms with Crippen LogP contribution in [0.25, 0.3) is 0 Å². The molecule has 90 valence electrons. The topological polar surface area (TPSA) is 32.3 Å². The Morgan fingerprint density at radius 3 is 2.62 bits per heavy atom. The van der Waals surface area contributed by atoms with Crippen molar-refractivity contribution in [1.29, 1.82) is 0 Å². The van der Waals surface area contributed by atoms with Crippen LogP contribution in [0.5, 0.6) is 0 Å². The smallest absolute Gasteiger partial charge is 0.0637 e. The molecule has 2 N–H and O–H groups in total. The molecule has 0 aliphatic carbocycles. The molecule has 0 aliphatic heterocycles. The van der Waals surface area contributed by atoms with Gasteiger partial charge in [0, 0.05) is 0 Å². The average Bonchev–Trinajstić information content (AvgIpc) is 2.28. The molecule has 0 fully saturated rings. The fourth-order valence-corrected chi connectivity index (χ4v) is 1.99. The van der Waals surface area contributed by atoms with Crippen molar-refractivity contribution in [2.45, 2.75) is 32.7 Å². The molecule has 2 unspecified atom stereocenters. The fourth-order valence-electron chi connectivity index (χ4n) is 1.80. The zero-order valence-electron chi connectivity index (χ0n) is 9.91. The number of halogens is 1. The number of anilines is 1. The van der Waals surface area contributed by atoms with E-state index >= 15 is 0 Å². The lowest BCUT2D eigenvalue weighted by molar-refractivity contribution is 0.238. The number of aliphatic hydroxyl groups is 1. The third-order valence-corrected chi connectivity index (χ3v) is 3.17. The summed E-state index contributed by atoms with van der Waals surface area (Å²) in [6, 6.07) is 7.69. The molecule has 0 aromatic heterocycles. The Morgan fingerprint density at radius 2 is 2.06 bits per heavy atom. The van der Waals surface area contributed by atoms with Gasteiger partial charge in [-0.15, -0.1) is 0 Å². The van der Waals surface area contributed by atoms with Gasteiger partial charge in [-0.05, 0) is 24.5 Å². The van der Waals surface area contributed by atoms with Gasteiger partial charge in [-0.25, -0.2) is 0 Å². The van der Waals surface area contributed by atoms with Crippen LogP contribution < -0.4 is 5.32 Å². The highest BCUT2D eigenvalue weighted by atomic mass is 35.5. The van der Waals surface area contributed by atoms with Crippen LogP contribution in [0.3, 0.4) is 0 Å². The zero-order valence-corrected chi connectivity index (χ0v) is 10.7. The summed E-state index contributed by atoms with van der Waals surface area (Å²) >= 11 is 6.06. The second-order valence-corrected chi connectivity index (χ2v) is 4.59. The Kier molecular flexibility index (Phi) is 5.64. The van der Waals surface area contributed by atoms with E-state index in [0.717, 1.165) is 18.5 Å². The molecule has 0 spiro atoms. The molecule has 0 saturated carbocycles. The summed E-state index contributed by atoms with van der Waals surface area (Å²) in [5.41, 5.74) is 0.895. The fraction of sp³-hybridized carbons (Fsp3) is 0.538. The molecular formula is C13H20ClNO. The molecule has 0 saturated heterocycles. The Balaban J connectivity index is 2.66. The van der Waals surface area contributed by atoms with E-state index in [1.165, 1.54) is 0 Å². The summed E-state index contributed by atoms with van der Waals surface area (Å²) in [4.78, 5) is 0. The number of para-hydroxylation sites is 1. The second-order valence-electron chi connectivity index (χ2n) is 4.18. The van der Waals surface area contributed by atoms with Gasteiger partial charge in [0.25, 0.3) is 0 Å². The van der Waals surface area contributed by atoms with Crippen LogP contribution in [-0.2, 0) is 0 Å². The zero-order chi connectivity index (χ0) is 12.0. The monoisotopic (exact) mass is 241 g/mol. The molecule has 0 radical (unpaired) electrons. The maximum absolute atomic E-state index is 9.37. The van der Waals surface area contributed by atoms with Crippen molar-refractivity contribution >= 4 is 17.3 Å². The van der Waals surface area contributed by atoms with Gasteiger partial charge in [-0.1, -0.05) is 44.0 Å². The number of hydrogen-bond acceptors (Lipinski definition) is 2. The van der Waals surface area contributed by atoms with Crippen molar-refractivity contribution in [2.24, 2.45) is 5.92 Å². The number of benzene rings is 1. The van der Waals surface area contributed by atoms with Crippen molar-refractivity contribution in [3.63, 3.8) is 0 Å². The Bertz CT molecular complexity index is 317. The minimum Gasteiger partial charge on any atom is -0.394 e. The van der Waals surface area contributed by atoms with E-state index in [1.807, 2.05) is 24.3 Å². The highest BCUT2D eigenvalue weighted by Crippen LogP contribution is 2.23. The van der Waals surface area contributed by atoms with Gasteiger partial charge >= 0.3 is 0 Å². The second kappa shape index (κ2) is 6.77. The predicted octanol–water partition coefficient (Wildman–Crippen LogP) is 3.55. The standard InChI is InChI=1S/C13H20ClNO/c1-3-6-10(2)13(9-16)15-12-8-5-4-7-11(12)14/h4-5,7-8,10,13,15-16H,3,6,9H2,1-2H3. The lowest BCUT2D eigenvalue weighted by atomic mass is 9.97. The van der Waals surface area contributed by atoms with Crippen molar-refractivity contribution in [2.75, 3.05) is 11.9 Å². The molecule has 0 amide bonds. The van der Waals surface area contributed by atoms with Crippen LogP contribution in [0.1, 0.15) is 26.7 Å². The molecule has 0 aliphatic rings. The highest BCUT2D eigenvalue weighted by molar-refractivity contribution is 6.33. The first kappa shape index (κ1) is 13.3. The normalized spacial score (nSPS) is 14.5. The van der Waals surface area contributed by atoms with Crippen molar-refractivity contribution in [3.8, 4) is 0 Å². The Hall–Kier alpha value is -0.730. The molecule has 1 aromatic rings. The van der Waals surface area contributed by atoms with Crippen LogP contribution in [0.4, 0.5) is 5.69 Å². The van der Waals surface area contributed by atoms with Crippen LogP contribution in [0.2, 0.25) is 5.02 Å². The van der Waals surface area contributed by atoms with Gasteiger partial charge in [0.05, 0.1) is 23.4 Å². The summed E-state index contributed by atoms with van der Waals surface area (Å²) < 4.78 is 0. The van der Waals surface area contributed by atoms with E-state index in [2.05, 4.69) is 19.2 Å². The molecule has 0 bridgehead atoms. The minimum atomic E-state index is 0.0693. The van der Waals surface area contributed by atoms with Crippen LogP contribution in [0, 0.1) is 5.92 Å². The van der Waals surface area contributed by atoms with Gasteiger partial charge in [0.15, 0.2) is 0 Å². The molecule has 1 aromatic carbocycles. The SMILES string of the molecule is CCCC(C)C(CO)Nc1ccccc1Cl. The van der Waals surface area contributed by atoms with E-state index in [0.29, 0.717) is 10.9 Å². The molecule has 16 heavy (non-hydrogen) atoms. The lowest BCUT2D eigenvalue weighted by Gasteiger charge is -2.24. The van der Waals surface area contributed by atoms with Gasteiger partial charge in [-0.3, -0.25) is 0 Å². The number of aliphatic hydroxyl groups excluding tert-OH is 1. The molecule has 0 heterocycles. The van der Waals surface area contributed by atoms with Crippen LogP contribution in [-0.4, -0.2) is 17.8 Å². The molecular weight excluding hydrogens is 222 g/mol. The van der Waals surface area contributed by atoms with Crippen LogP contribution in [0.15, 0.2) is 24.3 Å². The summed E-state index contributed by atoms with van der Waals surface area (Å²) in [7, 11) is 0. The summed E-state index contributed by atoms with van der Waals surface area (Å²) in [6.45, 7) is 4.43. The maximum atomic E-state index is 9.37. The van der Waals surface area contributed by atoms with Crippen LogP contribution >= 0.6 is 11.6 Å². The summed E-state index contributed by atoms with van der Waals surface area (Å²) in [6.07, 6.45) is 2.23. The highest BCUT2D eigenvalue weighted by Gasteiger charge is 2.16. The van der Waals surface area contributed by atoms with E-state index < -0.39 is 0 Å². The van der Waals surface area contributed by atoms with Crippen molar-refractivity contribution < 1.29 is 5.11 Å². The largest absolute Gasteiger partial charge is 0.394 e. The van der Waals surface area contributed by atoms with Gasteiger partial charge in [-0.2, -0.15) is 0 Å². The first-order valence-corrected chi connectivity index (χ1v) is 6.18. The van der Waals surface area contributed by atoms with Crippen molar-refractivity contribution in [1.82, 2.24) is 0 Å². The summed E-state index contributed by atoms with van der Waals surface area (Å²) in [5, 5.41) is 13.4. The van der Waals surface area contributed by atoms with Gasteiger partial charge in [0.1, 0.15) is 0 Å². The average molecular weight is 242 g/mol. The molecule has 3 heteroatoms. The first-order chi connectivity index (χ1) is 7.69. The number of nitrogens with one attached hydrogen (secondary N) is 1. The van der Waals surface area contributed by atoms with Crippen molar-refractivity contribution in [3.05, 3.63) is 29.3 Å². The first-order valence-electron chi connectivity index (χ1n) is 5.81. The van der Waals surface area contributed by atoms with E-state index in [9.17, 15) is 5.11 Å². The predicted molar refractivity (Wildman–Crippen MR) is 70.0 cm³/mol. The quantitative estimate of drug-likeness (QED) is 0.799.